The van der Waals surface area contributed by atoms with Crippen molar-refractivity contribution >= 4 is 21.6 Å². The minimum Gasteiger partial charge on any atom is -0.352 e. The summed E-state index contributed by atoms with van der Waals surface area (Å²) in [5.74, 6) is 1.93. The first kappa shape index (κ1) is 16.3. The normalized spacial score (nSPS) is 21.8. The molecule has 4 rings (SSSR count). The van der Waals surface area contributed by atoms with Gasteiger partial charge in [0.25, 0.3) is 0 Å². The number of hydrogen-bond donors (Lipinski definition) is 0. The molecule has 3 heterocycles. The zero-order chi connectivity index (χ0) is 17.4. The first-order valence-corrected chi connectivity index (χ1v) is 10.4. The molecule has 1 atom stereocenters. The van der Waals surface area contributed by atoms with Crippen molar-refractivity contribution in [3.63, 3.8) is 0 Å². The molecule has 1 saturated heterocycles. The molecule has 0 amide bonds. The summed E-state index contributed by atoms with van der Waals surface area (Å²) in [5, 5.41) is 0. The summed E-state index contributed by atoms with van der Waals surface area (Å²) in [6.45, 7) is 1.77. The maximum atomic E-state index is 11.7. The van der Waals surface area contributed by atoms with Crippen LogP contribution in [0.1, 0.15) is 17.5 Å². The average Bonchev–Trinajstić information content (AvgIpc) is 3.00. The second kappa shape index (κ2) is 6.29. The highest BCUT2D eigenvalue weighted by Gasteiger charge is 2.32. The number of sulfone groups is 1. The van der Waals surface area contributed by atoms with Gasteiger partial charge in [0.05, 0.1) is 11.5 Å². The molecule has 0 saturated carbocycles. The Bertz CT molecular complexity index is 884. The minimum atomic E-state index is -2.92. The number of hydrogen-bond acceptors (Lipinski definition) is 6. The fraction of sp³-hybridized carbons (Fsp3) is 0.444. The van der Waals surface area contributed by atoms with Crippen LogP contribution in [0.25, 0.3) is 0 Å². The molecule has 1 fully saturated rings. The van der Waals surface area contributed by atoms with Crippen LogP contribution in [0.2, 0.25) is 0 Å². The molecule has 0 spiro atoms. The molecule has 1 aromatic carbocycles. The quantitative estimate of drug-likeness (QED) is 0.831. The molecule has 1 aromatic heterocycles. The lowest BCUT2D eigenvalue weighted by molar-refractivity contribution is 0.600. The summed E-state index contributed by atoms with van der Waals surface area (Å²) in [6, 6.07) is 10.4. The standard InChI is InChI=1S/C18H22N4O2S/c1-21(16-8-11-25(23,24)13-16)18-19-9-6-17(20-18)22-10-7-14-4-2-3-5-15(14)12-22/h2-6,9,16H,7-8,10-13H2,1H3. The van der Waals surface area contributed by atoms with Crippen molar-refractivity contribution in [3.05, 3.63) is 47.7 Å². The molecule has 1 unspecified atom stereocenters. The largest absolute Gasteiger partial charge is 0.352 e. The first-order valence-electron chi connectivity index (χ1n) is 8.60. The third kappa shape index (κ3) is 3.33. The predicted molar refractivity (Wildman–Crippen MR) is 98.7 cm³/mol. The monoisotopic (exact) mass is 358 g/mol. The minimum absolute atomic E-state index is 0.0395. The summed E-state index contributed by atoms with van der Waals surface area (Å²) in [6.07, 6.45) is 3.41. The third-order valence-corrected chi connectivity index (χ3v) is 6.90. The van der Waals surface area contributed by atoms with Gasteiger partial charge in [-0.05, 0) is 30.0 Å². The lowest BCUT2D eigenvalue weighted by Crippen LogP contribution is -2.35. The van der Waals surface area contributed by atoms with Gasteiger partial charge in [-0.3, -0.25) is 0 Å². The highest BCUT2D eigenvalue weighted by Crippen LogP contribution is 2.25. The van der Waals surface area contributed by atoms with E-state index in [1.165, 1.54) is 11.1 Å². The molecule has 7 heteroatoms. The van der Waals surface area contributed by atoms with Crippen molar-refractivity contribution in [3.8, 4) is 0 Å². The van der Waals surface area contributed by atoms with E-state index in [0.717, 1.165) is 25.3 Å². The SMILES string of the molecule is CN(c1nccc(N2CCc3ccccc3C2)n1)C1CCS(=O)(=O)C1. The van der Waals surface area contributed by atoms with Crippen LogP contribution in [0.5, 0.6) is 0 Å². The summed E-state index contributed by atoms with van der Waals surface area (Å²) >= 11 is 0. The molecule has 2 aromatic rings. The van der Waals surface area contributed by atoms with E-state index in [4.69, 9.17) is 4.98 Å². The summed E-state index contributed by atoms with van der Waals surface area (Å²) in [7, 11) is -1.04. The van der Waals surface area contributed by atoms with E-state index in [1.807, 2.05) is 18.0 Å². The van der Waals surface area contributed by atoms with Crippen molar-refractivity contribution in [1.29, 1.82) is 0 Å². The van der Waals surface area contributed by atoms with Gasteiger partial charge in [-0.1, -0.05) is 24.3 Å². The van der Waals surface area contributed by atoms with Gasteiger partial charge in [-0.2, -0.15) is 4.98 Å². The maximum absolute atomic E-state index is 11.7. The van der Waals surface area contributed by atoms with Crippen molar-refractivity contribution < 1.29 is 8.42 Å². The van der Waals surface area contributed by atoms with Crippen molar-refractivity contribution in [1.82, 2.24) is 9.97 Å². The topological polar surface area (TPSA) is 66.4 Å². The summed E-state index contributed by atoms with van der Waals surface area (Å²) in [5.41, 5.74) is 2.74. The Balaban J connectivity index is 1.54. The van der Waals surface area contributed by atoms with Crippen molar-refractivity contribution in [2.75, 3.05) is 34.9 Å². The van der Waals surface area contributed by atoms with E-state index >= 15 is 0 Å². The van der Waals surface area contributed by atoms with Crippen LogP contribution < -0.4 is 9.80 Å². The number of benzene rings is 1. The van der Waals surface area contributed by atoms with E-state index in [0.29, 0.717) is 12.4 Å². The van der Waals surface area contributed by atoms with Gasteiger partial charge in [-0.15, -0.1) is 0 Å². The Morgan fingerprint density at radius 2 is 2.00 bits per heavy atom. The Labute approximate surface area is 148 Å². The molecule has 6 nitrogen and oxygen atoms in total. The lowest BCUT2D eigenvalue weighted by Gasteiger charge is -2.31. The molecule has 0 radical (unpaired) electrons. The van der Waals surface area contributed by atoms with E-state index in [-0.39, 0.29) is 17.5 Å². The van der Waals surface area contributed by atoms with Gasteiger partial charge in [0.15, 0.2) is 9.84 Å². The fourth-order valence-electron chi connectivity index (χ4n) is 3.62. The van der Waals surface area contributed by atoms with Crippen LogP contribution in [-0.2, 0) is 22.8 Å². The van der Waals surface area contributed by atoms with Gasteiger partial charge in [0, 0.05) is 32.4 Å². The van der Waals surface area contributed by atoms with E-state index in [9.17, 15) is 8.42 Å². The number of anilines is 2. The highest BCUT2D eigenvalue weighted by atomic mass is 32.2. The van der Waals surface area contributed by atoms with Crippen LogP contribution in [0.3, 0.4) is 0 Å². The average molecular weight is 358 g/mol. The van der Waals surface area contributed by atoms with Crippen LogP contribution in [0, 0.1) is 0 Å². The first-order chi connectivity index (χ1) is 12.0. The number of nitrogens with zero attached hydrogens (tertiary/aromatic N) is 4. The molecule has 2 aliphatic heterocycles. The number of rotatable bonds is 3. The van der Waals surface area contributed by atoms with Gasteiger partial charge >= 0.3 is 0 Å². The lowest BCUT2D eigenvalue weighted by atomic mass is 10.00. The summed E-state index contributed by atoms with van der Waals surface area (Å²) < 4.78 is 23.5. The van der Waals surface area contributed by atoms with Crippen LogP contribution >= 0.6 is 0 Å². The Kier molecular flexibility index (Phi) is 4.11. The maximum Gasteiger partial charge on any atom is 0.227 e. The second-order valence-electron chi connectivity index (χ2n) is 6.82. The third-order valence-electron chi connectivity index (χ3n) is 5.15. The zero-order valence-electron chi connectivity index (χ0n) is 14.3. The van der Waals surface area contributed by atoms with Gasteiger partial charge < -0.3 is 9.80 Å². The van der Waals surface area contributed by atoms with Crippen molar-refractivity contribution in [2.24, 2.45) is 0 Å². The molecule has 0 N–H and O–H groups in total. The van der Waals surface area contributed by atoms with Crippen LogP contribution in [0.4, 0.5) is 11.8 Å². The van der Waals surface area contributed by atoms with Crippen LogP contribution in [0.15, 0.2) is 36.5 Å². The Morgan fingerprint density at radius 1 is 1.20 bits per heavy atom. The van der Waals surface area contributed by atoms with E-state index < -0.39 is 9.84 Å². The van der Waals surface area contributed by atoms with Gasteiger partial charge in [0.2, 0.25) is 5.95 Å². The Hall–Kier alpha value is -2.15. The fourth-order valence-corrected chi connectivity index (χ4v) is 5.40. The zero-order valence-corrected chi connectivity index (χ0v) is 15.1. The number of fused-ring (bicyclic) bond motifs is 1. The molecule has 132 valence electrons. The molecule has 2 aliphatic rings. The molecular formula is C18H22N4O2S. The Morgan fingerprint density at radius 3 is 2.76 bits per heavy atom. The molecular weight excluding hydrogens is 336 g/mol. The predicted octanol–water partition coefficient (Wildman–Crippen LogP) is 1.66. The van der Waals surface area contributed by atoms with Crippen LogP contribution in [-0.4, -0.2) is 49.5 Å². The van der Waals surface area contributed by atoms with Gasteiger partial charge in [-0.25, -0.2) is 13.4 Å². The molecule has 0 aliphatic carbocycles. The highest BCUT2D eigenvalue weighted by molar-refractivity contribution is 7.91. The second-order valence-corrected chi connectivity index (χ2v) is 9.05. The summed E-state index contributed by atoms with van der Waals surface area (Å²) in [4.78, 5) is 13.2. The van der Waals surface area contributed by atoms with E-state index in [2.05, 4.69) is 34.1 Å². The molecule has 0 bridgehead atoms. The van der Waals surface area contributed by atoms with Crippen molar-refractivity contribution in [2.45, 2.75) is 25.4 Å². The number of aromatic nitrogens is 2. The van der Waals surface area contributed by atoms with E-state index in [1.54, 1.807) is 6.20 Å². The molecule has 25 heavy (non-hydrogen) atoms. The van der Waals surface area contributed by atoms with Gasteiger partial charge in [0.1, 0.15) is 5.82 Å². The smallest absolute Gasteiger partial charge is 0.227 e.